The minimum atomic E-state index is -0.350. The maximum Gasteiger partial charge on any atom is 0.291 e. The van der Waals surface area contributed by atoms with Gasteiger partial charge in [0, 0.05) is 12.2 Å². The SMILES string of the molecule is C=CCN(C(=O)c1ccc(NC(=O)c2ccco2)s1)c1ccccc1. The molecule has 1 N–H and O–H groups in total. The standard InChI is InChI=1S/C19H16N2O3S/c1-2-12-21(14-7-4-3-5-8-14)19(23)16-10-11-17(25-16)20-18(22)15-9-6-13-24-15/h2-11,13H,1,12H2,(H,20,22). The number of amides is 2. The van der Waals surface area contributed by atoms with E-state index in [1.54, 1.807) is 35.2 Å². The third-order valence-electron chi connectivity index (χ3n) is 3.42. The predicted octanol–water partition coefficient (Wildman–Crippen LogP) is 4.43. The number of para-hydroxylation sites is 1. The number of nitrogens with one attached hydrogen (secondary N) is 1. The van der Waals surface area contributed by atoms with E-state index in [0.29, 0.717) is 16.4 Å². The molecular weight excluding hydrogens is 336 g/mol. The van der Waals surface area contributed by atoms with Gasteiger partial charge in [0.25, 0.3) is 11.8 Å². The van der Waals surface area contributed by atoms with Crippen LogP contribution >= 0.6 is 11.3 Å². The highest BCUT2D eigenvalue weighted by molar-refractivity contribution is 7.18. The maximum absolute atomic E-state index is 12.8. The molecule has 3 rings (SSSR count). The number of hydrogen-bond acceptors (Lipinski definition) is 4. The Hall–Kier alpha value is -3.12. The van der Waals surface area contributed by atoms with Gasteiger partial charge in [-0.1, -0.05) is 24.3 Å². The van der Waals surface area contributed by atoms with Gasteiger partial charge in [0.05, 0.1) is 16.1 Å². The van der Waals surface area contributed by atoms with Crippen LogP contribution in [-0.2, 0) is 0 Å². The van der Waals surface area contributed by atoms with Crippen LogP contribution in [0.3, 0.4) is 0 Å². The Kier molecular flexibility index (Phi) is 5.11. The lowest BCUT2D eigenvalue weighted by Crippen LogP contribution is -2.30. The Bertz CT molecular complexity index is 869. The second kappa shape index (κ2) is 7.63. The van der Waals surface area contributed by atoms with Crippen LogP contribution in [0.4, 0.5) is 10.7 Å². The van der Waals surface area contributed by atoms with E-state index in [9.17, 15) is 9.59 Å². The normalized spacial score (nSPS) is 10.2. The molecule has 0 bridgehead atoms. The molecule has 0 atom stereocenters. The van der Waals surface area contributed by atoms with Crippen molar-refractivity contribution in [1.82, 2.24) is 0 Å². The van der Waals surface area contributed by atoms with Crippen molar-refractivity contribution in [3.63, 3.8) is 0 Å². The number of thiophene rings is 1. The smallest absolute Gasteiger partial charge is 0.291 e. The topological polar surface area (TPSA) is 62.6 Å². The van der Waals surface area contributed by atoms with E-state index < -0.39 is 0 Å². The van der Waals surface area contributed by atoms with Gasteiger partial charge in [-0.25, -0.2) is 0 Å². The van der Waals surface area contributed by atoms with Gasteiger partial charge in [-0.3, -0.25) is 9.59 Å². The minimum absolute atomic E-state index is 0.144. The van der Waals surface area contributed by atoms with Crippen LogP contribution in [0.25, 0.3) is 0 Å². The van der Waals surface area contributed by atoms with Crippen LogP contribution in [-0.4, -0.2) is 18.4 Å². The number of hydrogen-bond donors (Lipinski definition) is 1. The van der Waals surface area contributed by atoms with Gasteiger partial charge in [0.2, 0.25) is 0 Å². The van der Waals surface area contributed by atoms with Crippen molar-refractivity contribution < 1.29 is 14.0 Å². The number of anilines is 2. The summed E-state index contributed by atoms with van der Waals surface area (Å²) in [7, 11) is 0. The molecule has 2 heterocycles. The summed E-state index contributed by atoms with van der Waals surface area (Å²) < 4.78 is 5.06. The summed E-state index contributed by atoms with van der Waals surface area (Å²) in [5, 5.41) is 3.31. The molecule has 0 aliphatic carbocycles. The summed E-state index contributed by atoms with van der Waals surface area (Å²) >= 11 is 1.22. The van der Waals surface area contributed by atoms with E-state index in [-0.39, 0.29) is 17.6 Å². The quantitative estimate of drug-likeness (QED) is 0.668. The number of nitrogens with zero attached hydrogens (tertiary/aromatic N) is 1. The molecule has 1 aromatic carbocycles. The summed E-state index contributed by atoms with van der Waals surface area (Å²) in [6.45, 7) is 4.11. The molecular formula is C19H16N2O3S. The largest absolute Gasteiger partial charge is 0.459 e. The minimum Gasteiger partial charge on any atom is -0.459 e. The number of benzene rings is 1. The number of carbonyl (C=O) groups is 2. The van der Waals surface area contributed by atoms with Gasteiger partial charge >= 0.3 is 0 Å². The molecule has 6 heteroatoms. The first kappa shape index (κ1) is 16.7. The lowest BCUT2D eigenvalue weighted by Gasteiger charge is -2.20. The molecule has 0 saturated carbocycles. The molecule has 0 fully saturated rings. The third kappa shape index (κ3) is 3.87. The van der Waals surface area contributed by atoms with Crippen molar-refractivity contribution in [2.45, 2.75) is 0 Å². The van der Waals surface area contributed by atoms with Crippen LogP contribution in [0.5, 0.6) is 0 Å². The summed E-state index contributed by atoms with van der Waals surface area (Å²) in [5.41, 5.74) is 0.793. The Morgan fingerprint density at radius 3 is 2.60 bits per heavy atom. The van der Waals surface area contributed by atoms with Gasteiger partial charge in [-0.05, 0) is 36.4 Å². The van der Waals surface area contributed by atoms with Crippen molar-refractivity contribution in [2.75, 3.05) is 16.8 Å². The Morgan fingerprint density at radius 2 is 1.92 bits per heavy atom. The predicted molar refractivity (Wildman–Crippen MR) is 99.3 cm³/mol. The second-order valence-electron chi connectivity index (χ2n) is 5.14. The monoisotopic (exact) mass is 352 g/mol. The van der Waals surface area contributed by atoms with Crippen molar-refractivity contribution in [3.8, 4) is 0 Å². The molecule has 0 saturated heterocycles. The molecule has 0 aliphatic heterocycles. The van der Waals surface area contributed by atoms with E-state index in [0.717, 1.165) is 5.69 Å². The van der Waals surface area contributed by atoms with Crippen LogP contribution in [0, 0.1) is 0 Å². The zero-order chi connectivity index (χ0) is 17.6. The van der Waals surface area contributed by atoms with Gasteiger partial charge in [-0.15, -0.1) is 17.9 Å². The number of furan rings is 1. The first-order chi connectivity index (χ1) is 12.2. The van der Waals surface area contributed by atoms with Crippen LogP contribution in [0.15, 0.2) is 77.9 Å². The van der Waals surface area contributed by atoms with E-state index in [1.807, 2.05) is 30.3 Å². The lowest BCUT2D eigenvalue weighted by atomic mass is 10.2. The van der Waals surface area contributed by atoms with Gasteiger partial charge in [0.1, 0.15) is 0 Å². The highest BCUT2D eigenvalue weighted by Crippen LogP contribution is 2.26. The molecule has 2 aromatic heterocycles. The maximum atomic E-state index is 12.8. The van der Waals surface area contributed by atoms with Gasteiger partial charge < -0.3 is 14.6 Å². The zero-order valence-corrected chi connectivity index (χ0v) is 14.2. The average molecular weight is 352 g/mol. The Morgan fingerprint density at radius 1 is 1.12 bits per heavy atom. The van der Waals surface area contributed by atoms with E-state index >= 15 is 0 Å². The highest BCUT2D eigenvalue weighted by atomic mass is 32.1. The first-order valence-electron chi connectivity index (χ1n) is 7.61. The summed E-state index contributed by atoms with van der Waals surface area (Å²) in [5.74, 6) is -0.273. The Balaban J connectivity index is 1.77. The molecule has 3 aromatic rings. The molecule has 0 spiro atoms. The van der Waals surface area contributed by atoms with Crippen LogP contribution < -0.4 is 10.2 Å². The molecule has 2 amide bonds. The van der Waals surface area contributed by atoms with Crippen molar-refractivity contribution in [2.24, 2.45) is 0 Å². The fourth-order valence-corrected chi connectivity index (χ4v) is 3.13. The van der Waals surface area contributed by atoms with E-state index in [4.69, 9.17) is 4.42 Å². The van der Waals surface area contributed by atoms with Crippen molar-refractivity contribution >= 4 is 33.8 Å². The number of carbonyl (C=O) groups excluding carboxylic acids is 2. The third-order valence-corrected chi connectivity index (χ3v) is 4.41. The first-order valence-corrected chi connectivity index (χ1v) is 8.43. The average Bonchev–Trinajstić information content (AvgIpc) is 3.32. The van der Waals surface area contributed by atoms with Gasteiger partial charge in [-0.2, -0.15) is 0 Å². The van der Waals surface area contributed by atoms with E-state index in [1.165, 1.54) is 17.6 Å². The fourth-order valence-electron chi connectivity index (χ4n) is 2.28. The van der Waals surface area contributed by atoms with Crippen molar-refractivity contribution in [3.05, 3.63) is 84.2 Å². The molecule has 0 unspecified atom stereocenters. The van der Waals surface area contributed by atoms with Gasteiger partial charge in [0.15, 0.2) is 5.76 Å². The molecule has 0 aliphatic rings. The fraction of sp³-hybridized carbons (Fsp3) is 0.0526. The number of rotatable bonds is 6. The summed E-state index contributed by atoms with van der Waals surface area (Å²) in [6.07, 6.45) is 3.11. The molecule has 126 valence electrons. The zero-order valence-electron chi connectivity index (χ0n) is 13.3. The summed E-state index contributed by atoms with van der Waals surface area (Å²) in [4.78, 5) is 27.0. The van der Waals surface area contributed by atoms with Crippen LogP contribution in [0.1, 0.15) is 20.2 Å². The van der Waals surface area contributed by atoms with Crippen molar-refractivity contribution in [1.29, 1.82) is 0 Å². The lowest BCUT2D eigenvalue weighted by molar-refractivity contribution is 0.0987. The van der Waals surface area contributed by atoms with E-state index in [2.05, 4.69) is 11.9 Å². The Labute approximate surface area is 149 Å². The second-order valence-corrected chi connectivity index (χ2v) is 6.22. The molecule has 5 nitrogen and oxygen atoms in total. The molecule has 0 radical (unpaired) electrons. The highest BCUT2D eigenvalue weighted by Gasteiger charge is 2.19. The van der Waals surface area contributed by atoms with Crippen LogP contribution in [0.2, 0.25) is 0 Å². The molecule has 25 heavy (non-hydrogen) atoms. The summed E-state index contributed by atoms with van der Waals surface area (Å²) in [6, 6.07) is 16.0.